The van der Waals surface area contributed by atoms with Crippen LogP contribution in [0.5, 0.6) is 0 Å². The maximum Gasteiger partial charge on any atom is 0.418 e. The Kier molecular flexibility index (Phi) is 4.42. The van der Waals surface area contributed by atoms with Crippen LogP contribution < -0.4 is 10.6 Å². The number of nitrogens with one attached hydrogen (secondary N) is 2. The number of hydrogen-bond donors (Lipinski definition) is 2. The van der Waals surface area contributed by atoms with E-state index in [1.54, 1.807) is 20.8 Å². The highest BCUT2D eigenvalue weighted by Crippen LogP contribution is 2.34. The monoisotopic (exact) mass is 288 g/mol. The molecule has 0 fully saturated rings. The Bertz CT molecular complexity index is 519. The number of carbonyl (C=O) groups is 2. The van der Waals surface area contributed by atoms with E-state index in [-0.39, 0.29) is 0 Å². The molecule has 1 rings (SSSR count). The predicted molar refractivity (Wildman–Crippen MR) is 68.0 cm³/mol. The molecule has 1 aromatic carbocycles. The number of halogens is 3. The van der Waals surface area contributed by atoms with E-state index in [4.69, 9.17) is 0 Å². The number of amides is 2. The van der Waals surface area contributed by atoms with E-state index in [0.717, 1.165) is 12.1 Å². The standard InChI is InChI=1S/C13H15F3N2O2/c1-12(2,3)18-11(20)10(19)17-9-7-5-4-6-8(9)13(14,15)16/h4-7H,1-3H3,(H,17,19)(H,18,20). The van der Waals surface area contributed by atoms with Crippen LogP contribution in [-0.2, 0) is 15.8 Å². The molecular weight excluding hydrogens is 273 g/mol. The van der Waals surface area contributed by atoms with Crippen LogP contribution in [0.3, 0.4) is 0 Å². The molecule has 0 saturated heterocycles. The molecule has 20 heavy (non-hydrogen) atoms. The van der Waals surface area contributed by atoms with Crippen molar-refractivity contribution >= 4 is 17.5 Å². The minimum absolute atomic E-state index is 0.450. The zero-order chi connectivity index (χ0) is 15.6. The summed E-state index contributed by atoms with van der Waals surface area (Å²) in [5.74, 6) is -2.13. The van der Waals surface area contributed by atoms with Gasteiger partial charge in [0.25, 0.3) is 0 Å². The number of hydrogen-bond acceptors (Lipinski definition) is 2. The van der Waals surface area contributed by atoms with E-state index in [9.17, 15) is 22.8 Å². The lowest BCUT2D eigenvalue weighted by molar-refractivity contribution is -0.138. The van der Waals surface area contributed by atoms with Gasteiger partial charge in [0, 0.05) is 5.54 Å². The van der Waals surface area contributed by atoms with Gasteiger partial charge in [-0.1, -0.05) is 12.1 Å². The average molecular weight is 288 g/mol. The van der Waals surface area contributed by atoms with Gasteiger partial charge in [-0.3, -0.25) is 9.59 Å². The Labute approximate surface area is 114 Å². The molecule has 0 bridgehead atoms. The van der Waals surface area contributed by atoms with Gasteiger partial charge < -0.3 is 10.6 Å². The van der Waals surface area contributed by atoms with Gasteiger partial charge in [0.2, 0.25) is 0 Å². The van der Waals surface area contributed by atoms with Crippen molar-refractivity contribution < 1.29 is 22.8 Å². The van der Waals surface area contributed by atoms with Gasteiger partial charge in [-0.2, -0.15) is 13.2 Å². The molecule has 0 spiro atoms. The first-order valence-corrected chi connectivity index (χ1v) is 5.80. The van der Waals surface area contributed by atoms with Gasteiger partial charge in [-0.15, -0.1) is 0 Å². The van der Waals surface area contributed by atoms with Crippen LogP contribution >= 0.6 is 0 Å². The molecular formula is C13H15F3N2O2. The van der Waals surface area contributed by atoms with E-state index in [0.29, 0.717) is 0 Å². The van der Waals surface area contributed by atoms with E-state index in [2.05, 4.69) is 5.32 Å². The lowest BCUT2D eigenvalue weighted by Gasteiger charge is -2.20. The molecule has 4 nitrogen and oxygen atoms in total. The number of anilines is 1. The zero-order valence-electron chi connectivity index (χ0n) is 11.3. The van der Waals surface area contributed by atoms with Gasteiger partial charge in [0.15, 0.2) is 0 Å². The van der Waals surface area contributed by atoms with Crippen LogP contribution in [0.25, 0.3) is 0 Å². The van der Waals surface area contributed by atoms with Crippen LogP contribution in [0.1, 0.15) is 26.3 Å². The van der Waals surface area contributed by atoms with Gasteiger partial charge in [0.1, 0.15) is 0 Å². The quantitative estimate of drug-likeness (QED) is 0.780. The highest BCUT2D eigenvalue weighted by atomic mass is 19.4. The molecule has 110 valence electrons. The van der Waals surface area contributed by atoms with Gasteiger partial charge in [-0.25, -0.2) is 0 Å². The molecule has 7 heteroatoms. The lowest BCUT2D eigenvalue weighted by Crippen LogP contribution is -2.46. The molecule has 2 N–H and O–H groups in total. The fourth-order valence-electron chi connectivity index (χ4n) is 1.42. The molecule has 0 unspecified atom stereocenters. The summed E-state index contributed by atoms with van der Waals surface area (Å²) in [4.78, 5) is 23.1. The third kappa shape index (κ3) is 4.56. The minimum Gasteiger partial charge on any atom is -0.343 e. The maximum atomic E-state index is 12.7. The minimum atomic E-state index is -4.61. The van der Waals surface area contributed by atoms with E-state index < -0.39 is 34.8 Å². The Morgan fingerprint density at radius 1 is 1.00 bits per heavy atom. The van der Waals surface area contributed by atoms with Crippen molar-refractivity contribution in [2.24, 2.45) is 0 Å². The SMILES string of the molecule is CC(C)(C)NC(=O)C(=O)Nc1ccccc1C(F)(F)F. The van der Waals surface area contributed by atoms with Crippen LogP contribution in [0, 0.1) is 0 Å². The van der Waals surface area contributed by atoms with Crippen molar-refractivity contribution in [3.63, 3.8) is 0 Å². The molecule has 0 aliphatic carbocycles. The number of rotatable bonds is 1. The first-order valence-electron chi connectivity index (χ1n) is 5.80. The van der Waals surface area contributed by atoms with Crippen LogP contribution in [0.4, 0.5) is 18.9 Å². The maximum absolute atomic E-state index is 12.7. The summed E-state index contributed by atoms with van der Waals surface area (Å²) in [5, 5.41) is 4.33. The van der Waals surface area contributed by atoms with Crippen molar-refractivity contribution in [3.8, 4) is 0 Å². The van der Waals surface area contributed by atoms with Gasteiger partial charge in [-0.05, 0) is 32.9 Å². The normalized spacial score (nSPS) is 11.9. The van der Waals surface area contributed by atoms with Crippen molar-refractivity contribution in [3.05, 3.63) is 29.8 Å². The highest BCUT2D eigenvalue weighted by Gasteiger charge is 2.34. The fraction of sp³-hybridized carbons (Fsp3) is 0.385. The Morgan fingerprint density at radius 2 is 1.55 bits per heavy atom. The summed E-state index contributed by atoms with van der Waals surface area (Å²) in [7, 11) is 0. The van der Waals surface area contributed by atoms with Crippen molar-refractivity contribution in [2.45, 2.75) is 32.5 Å². The molecule has 2 amide bonds. The van der Waals surface area contributed by atoms with E-state index in [1.807, 2.05) is 5.32 Å². The van der Waals surface area contributed by atoms with E-state index in [1.165, 1.54) is 12.1 Å². The molecule has 0 heterocycles. The van der Waals surface area contributed by atoms with Crippen molar-refractivity contribution in [1.82, 2.24) is 5.32 Å². The Morgan fingerprint density at radius 3 is 2.05 bits per heavy atom. The fourth-order valence-corrected chi connectivity index (χ4v) is 1.42. The number of carbonyl (C=O) groups excluding carboxylic acids is 2. The summed E-state index contributed by atoms with van der Waals surface area (Å²) in [5.41, 5.74) is -2.11. The second-order valence-electron chi connectivity index (χ2n) is 5.20. The van der Waals surface area contributed by atoms with Crippen molar-refractivity contribution in [2.75, 3.05) is 5.32 Å². The Balaban J connectivity index is 2.90. The second kappa shape index (κ2) is 5.52. The largest absolute Gasteiger partial charge is 0.418 e. The van der Waals surface area contributed by atoms with Crippen LogP contribution in [0.2, 0.25) is 0 Å². The topological polar surface area (TPSA) is 58.2 Å². The molecule has 0 atom stereocenters. The second-order valence-corrected chi connectivity index (χ2v) is 5.20. The molecule has 1 aromatic rings. The lowest BCUT2D eigenvalue weighted by atomic mass is 10.1. The molecule has 0 radical (unpaired) electrons. The molecule has 0 saturated carbocycles. The highest BCUT2D eigenvalue weighted by molar-refractivity contribution is 6.39. The predicted octanol–water partition coefficient (Wildman–Crippen LogP) is 2.56. The zero-order valence-corrected chi connectivity index (χ0v) is 11.3. The number of benzene rings is 1. The number of para-hydroxylation sites is 1. The molecule has 0 aromatic heterocycles. The third-order valence-corrected chi connectivity index (χ3v) is 2.18. The smallest absolute Gasteiger partial charge is 0.343 e. The third-order valence-electron chi connectivity index (χ3n) is 2.18. The summed E-state index contributed by atoms with van der Waals surface area (Å²) < 4.78 is 38.2. The summed E-state index contributed by atoms with van der Waals surface area (Å²) in [6.45, 7) is 4.96. The Hall–Kier alpha value is -2.05. The van der Waals surface area contributed by atoms with Crippen LogP contribution in [0.15, 0.2) is 24.3 Å². The van der Waals surface area contributed by atoms with E-state index >= 15 is 0 Å². The summed E-state index contributed by atoms with van der Waals surface area (Å²) >= 11 is 0. The molecule has 0 aliphatic rings. The van der Waals surface area contributed by atoms with Crippen molar-refractivity contribution in [1.29, 1.82) is 0 Å². The summed E-state index contributed by atoms with van der Waals surface area (Å²) in [6, 6.07) is 4.46. The van der Waals surface area contributed by atoms with Crippen LogP contribution in [-0.4, -0.2) is 17.4 Å². The van der Waals surface area contributed by atoms with Gasteiger partial charge in [0.05, 0.1) is 11.3 Å². The average Bonchev–Trinajstić information content (AvgIpc) is 2.25. The number of alkyl halides is 3. The first kappa shape index (κ1) is 16.0. The van der Waals surface area contributed by atoms with Gasteiger partial charge >= 0.3 is 18.0 Å². The first-order chi connectivity index (χ1) is 9.00. The molecule has 0 aliphatic heterocycles. The summed E-state index contributed by atoms with van der Waals surface area (Å²) in [6.07, 6.45) is -4.61.